The molecular weight excluding hydrogens is 400 g/mol. The Morgan fingerprint density at radius 2 is 1.63 bits per heavy atom. The third kappa shape index (κ3) is 3.43. The lowest BCUT2D eigenvalue weighted by atomic mass is 9.62. The van der Waals surface area contributed by atoms with Crippen molar-refractivity contribution in [3.05, 3.63) is 52.4 Å². The molecule has 1 aromatic carbocycles. The molecule has 1 aromatic heterocycles. The molecule has 1 fully saturated rings. The highest BCUT2D eigenvalue weighted by Gasteiger charge is 2.48. The highest BCUT2D eigenvalue weighted by molar-refractivity contribution is 7.17. The van der Waals surface area contributed by atoms with Gasteiger partial charge in [0.2, 0.25) is 5.91 Å². The second-order valence-corrected chi connectivity index (χ2v) is 9.36. The molecular formula is C23H24N2O4S. The quantitative estimate of drug-likeness (QED) is 0.631. The minimum atomic E-state index is -0.952. The molecule has 4 N–H and O–H groups in total. The van der Waals surface area contributed by atoms with Gasteiger partial charge in [-0.2, -0.15) is 0 Å². The normalized spacial score (nSPS) is 24.6. The van der Waals surface area contributed by atoms with Gasteiger partial charge in [0.05, 0.1) is 17.4 Å². The van der Waals surface area contributed by atoms with Crippen molar-refractivity contribution < 1.29 is 19.5 Å². The van der Waals surface area contributed by atoms with E-state index in [1.807, 2.05) is 50.3 Å². The second kappa shape index (κ2) is 7.72. The van der Waals surface area contributed by atoms with Crippen LogP contribution in [-0.4, -0.2) is 22.9 Å². The van der Waals surface area contributed by atoms with E-state index in [4.69, 9.17) is 5.73 Å². The zero-order valence-corrected chi connectivity index (χ0v) is 17.7. The molecule has 2 amide bonds. The summed E-state index contributed by atoms with van der Waals surface area (Å²) < 4.78 is 0. The van der Waals surface area contributed by atoms with Crippen molar-refractivity contribution in [1.82, 2.24) is 0 Å². The fourth-order valence-corrected chi connectivity index (χ4v) is 5.90. The Labute approximate surface area is 178 Å². The summed E-state index contributed by atoms with van der Waals surface area (Å²) in [6.45, 7) is 3.86. The summed E-state index contributed by atoms with van der Waals surface area (Å²) in [5.41, 5.74) is 8.64. The first-order valence-electron chi connectivity index (χ1n) is 10.00. The first kappa shape index (κ1) is 20.3. The number of fused-ring (bicyclic) bond motifs is 2. The van der Waals surface area contributed by atoms with Crippen molar-refractivity contribution in [2.45, 2.75) is 26.7 Å². The summed E-state index contributed by atoms with van der Waals surface area (Å²) in [6.07, 6.45) is 5.47. The van der Waals surface area contributed by atoms with Crippen LogP contribution >= 0.6 is 11.3 Å². The maximum absolute atomic E-state index is 13.2. The maximum atomic E-state index is 13.2. The van der Waals surface area contributed by atoms with Crippen LogP contribution in [0.4, 0.5) is 5.00 Å². The third-order valence-corrected chi connectivity index (χ3v) is 7.26. The molecule has 30 heavy (non-hydrogen) atoms. The van der Waals surface area contributed by atoms with Crippen LogP contribution in [0.2, 0.25) is 0 Å². The molecule has 1 heterocycles. The SMILES string of the molecule is Cc1ccc(-c2c(C)sc(NC(=O)[C@H]3[C@@H](C(=O)O)[C@H]4C=C[C@@H]3CC4)c2C(N)=O)cc1. The van der Waals surface area contributed by atoms with Gasteiger partial charge in [-0.3, -0.25) is 14.4 Å². The van der Waals surface area contributed by atoms with Crippen molar-refractivity contribution in [3.8, 4) is 11.1 Å². The number of nitrogens with two attached hydrogens (primary N) is 1. The van der Waals surface area contributed by atoms with E-state index in [-0.39, 0.29) is 23.3 Å². The van der Waals surface area contributed by atoms with Crippen molar-refractivity contribution in [2.24, 2.45) is 29.4 Å². The number of nitrogens with one attached hydrogen (secondary N) is 1. The number of carboxylic acids is 1. The Kier molecular flexibility index (Phi) is 5.24. The molecule has 7 heteroatoms. The van der Waals surface area contributed by atoms with E-state index in [1.54, 1.807) is 0 Å². The summed E-state index contributed by atoms with van der Waals surface area (Å²) in [4.78, 5) is 38.3. The van der Waals surface area contributed by atoms with Gasteiger partial charge in [0.15, 0.2) is 0 Å². The van der Waals surface area contributed by atoms with Gasteiger partial charge in [0.1, 0.15) is 5.00 Å². The van der Waals surface area contributed by atoms with E-state index in [0.29, 0.717) is 10.6 Å². The molecule has 5 rings (SSSR count). The van der Waals surface area contributed by atoms with Crippen LogP contribution in [0.3, 0.4) is 0 Å². The number of thiophene rings is 1. The smallest absolute Gasteiger partial charge is 0.307 e. The van der Waals surface area contributed by atoms with Crippen LogP contribution in [0.1, 0.15) is 33.6 Å². The Bertz CT molecular complexity index is 1050. The Morgan fingerprint density at radius 1 is 1.03 bits per heavy atom. The van der Waals surface area contributed by atoms with Gasteiger partial charge in [-0.25, -0.2) is 0 Å². The molecule has 3 aliphatic rings. The number of carbonyl (C=O) groups is 3. The van der Waals surface area contributed by atoms with Crippen molar-refractivity contribution in [2.75, 3.05) is 5.32 Å². The predicted molar refractivity (Wildman–Crippen MR) is 116 cm³/mol. The molecule has 3 aliphatic carbocycles. The Hall–Kier alpha value is -2.93. The van der Waals surface area contributed by atoms with E-state index in [1.165, 1.54) is 11.3 Å². The predicted octanol–water partition coefficient (Wildman–Crippen LogP) is 3.98. The van der Waals surface area contributed by atoms with E-state index in [0.717, 1.165) is 28.8 Å². The lowest BCUT2D eigenvalue weighted by Crippen LogP contribution is -2.47. The zero-order valence-electron chi connectivity index (χ0n) is 16.8. The van der Waals surface area contributed by atoms with Gasteiger partial charge in [-0.1, -0.05) is 42.0 Å². The summed E-state index contributed by atoms with van der Waals surface area (Å²) in [6, 6.07) is 7.76. The second-order valence-electron chi connectivity index (χ2n) is 8.14. The molecule has 0 radical (unpaired) electrons. The lowest BCUT2D eigenvalue weighted by molar-refractivity contribution is -0.151. The number of rotatable bonds is 5. The molecule has 6 nitrogen and oxygen atoms in total. The maximum Gasteiger partial charge on any atom is 0.307 e. The molecule has 0 spiro atoms. The van der Waals surface area contributed by atoms with E-state index < -0.39 is 23.7 Å². The minimum absolute atomic E-state index is 0.106. The number of carbonyl (C=O) groups excluding carboxylic acids is 2. The van der Waals surface area contributed by atoms with Crippen LogP contribution in [0.25, 0.3) is 11.1 Å². The molecule has 2 aromatic rings. The molecule has 1 saturated carbocycles. The average Bonchev–Trinajstić information content (AvgIpc) is 3.04. The van der Waals surface area contributed by atoms with Gasteiger partial charge in [0, 0.05) is 10.4 Å². The van der Waals surface area contributed by atoms with Gasteiger partial charge in [0.25, 0.3) is 5.91 Å². The van der Waals surface area contributed by atoms with Gasteiger partial charge >= 0.3 is 5.97 Å². The van der Waals surface area contributed by atoms with Gasteiger partial charge < -0.3 is 16.2 Å². The Morgan fingerprint density at radius 3 is 2.17 bits per heavy atom. The van der Waals surface area contributed by atoms with Gasteiger partial charge in [-0.05, 0) is 44.1 Å². The average molecular weight is 425 g/mol. The largest absolute Gasteiger partial charge is 0.481 e. The van der Waals surface area contributed by atoms with Crippen LogP contribution in [-0.2, 0) is 9.59 Å². The monoisotopic (exact) mass is 424 g/mol. The van der Waals surface area contributed by atoms with Crippen LogP contribution in [0, 0.1) is 37.5 Å². The number of primary amides is 1. The highest BCUT2D eigenvalue weighted by Crippen LogP contribution is 2.46. The first-order valence-corrected chi connectivity index (χ1v) is 10.8. The summed E-state index contributed by atoms with van der Waals surface area (Å²) >= 11 is 1.29. The number of aliphatic carboxylic acids is 1. The summed E-state index contributed by atoms with van der Waals surface area (Å²) in [5.74, 6) is -3.57. The number of benzene rings is 1. The Balaban J connectivity index is 1.70. The van der Waals surface area contributed by atoms with Crippen LogP contribution in [0.5, 0.6) is 0 Å². The lowest BCUT2D eigenvalue weighted by Gasteiger charge is -2.41. The molecule has 0 saturated heterocycles. The number of aryl methyl sites for hydroxylation is 2. The fourth-order valence-electron chi connectivity index (χ4n) is 4.82. The summed E-state index contributed by atoms with van der Waals surface area (Å²) in [5, 5.41) is 13.0. The van der Waals surface area contributed by atoms with Crippen LogP contribution in [0.15, 0.2) is 36.4 Å². The topological polar surface area (TPSA) is 109 Å². The van der Waals surface area contributed by atoms with Gasteiger partial charge in [-0.15, -0.1) is 11.3 Å². The number of hydrogen-bond donors (Lipinski definition) is 3. The third-order valence-electron chi connectivity index (χ3n) is 6.24. The number of amides is 2. The molecule has 2 bridgehead atoms. The minimum Gasteiger partial charge on any atom is -0.481 e. The molecule has 0 aliphatic heterocycles. The van der Waals surface area contributed by atoms with E-state index in [9.17, 15) is 19.5 Å². The molecule has 4 atom stereocenters. The van der Waals surface area contributed by atoms with Crippen molar-refractivity contribution in [3.63, 3.8) is 0 Å². The number of hydrogen-bond acceptors (Lipinski definition) is 4. The number of allylic oxidation sites excluding steroid dienone is 2. The molecule has 156 valence electrons. The molecule has 0 unspecified atom stereocenters. The highest BCUT2D eigenvalue weighted by atomic mass is 32.1. The summed E-state index contributed by atoms with van der Waals surface area (Å²) in [7, 11) is 0. The van der Waals surface area contributed by atoms with E-state index >= 15 is 0 Å². The zero-order chi connectivity index (χ0) is 21.6. The number of anilines is 1. The number of carboxylic acid groups (broad SMARTS) is 1. The van der Waals surface area contributed by atoms with Crippen molar-refractivity contribution >= 4 is 34.1 Å². The van der Waals surface area contributed by atoms with Crippen molar-refractivity contribution in [1.29, 1.82) is 0 Å². The first-order chi connectivity index (χ1) is 14.3. The fraction of sp³-hybridized carbons (Fsp3) is 0.348. The standard InChI is InChI=1S/C23H24N2O4S/c1-11-3-5-13(6-4-11)16-12(2)30-22(19(16)20(24)26)25-21(27)17-14-7-9-15(10-8-14)18(17)23(28)29/h3-7,9,14-15,17-18H,8,10H2,1-2H3,(H2,24,26)(H,25,27)(H,28,29)/t14-,15+,17-,18+/m1/s1. The van der Waals surface area contributed by atoms with E-state index in [2.05, 4.69) is 5.32 Å². The van der Waals surface area contributed by atoms with Crippen LogP contribution < -0.4 is 11.1 Å².